The van der Waals surface area contributed by atoms with E-state index in [0.717, 1.165) is 61.4 Å². The molecule has 0 aliphatic heterocycles. The van der Waals surface area contributed by atoms with Crippen molar-refractivity contribution in [3.63, 3.8) is 0 Å². The maximum absolute atomic E-state index is 5.25. The molecular formula is C58H39N5. The van der Waals surface area contributed by atoms with Gasteiger partial charge in [0.1, 0.15) is 0 Å². The van der Waals surface area contributed by atoms with Gasteiger partial charge in [-0.1, -0.05) is 194 Å². The van der Waals surface area contributed by atoms with Crippen molar-refractivity contribution in [1.82, 2.24) is 24.1 Å². The smallest absolute Gasteiger partial charge is 0.164 e. The first-order valence-corrected chi connectivity index (χ1v) is 21.4. The van der Waals surface area contributed by atoms with E-state index in [0.29, 0.717) is 17.5 Å². The van der Waals surface area contributed by atoms with Gasteiger partial charge in [-0.2, -0.15) is 0 Å². The van der Waals surface area contributed by atoms with Gasteiger partial charge >= 0.3 is 0 Å². The summed E-state index contributed by atoms with van der Waals surface area (Å²) in [6, 6.07) is 77.3. The average molecular weight is 806 g/mol. The van der Waals surface area contributed by atoms with Crippen molar-refractivity contribution < 1.29 is 0 Å². The molecule has 63 heavy (non-hydrogen) atoms. The van der Waals surface area contributed by atoms with Crippen molar-refractivity contribution in [3.8, 4) is 67.8 Å². The number of para-hydroxylation sites is 4. The van der Waals surface area contributed by atoms with Gasteiger partial charge in [0.15, 0.2) is 17.5 Å². The Balaban J connectivity index is 1.13. The van der Waals surface area contributed by atoms with Crippen LogP contribution in [0.2, 0.25) is 0 Å². The molecule has 0 fully saturated rings. The number of hydrogen-bond donors (Lipinski definition) is 0. The Morgan fingerprint density at radius 2 is 0.730 bits per heavy atom. The molecule has 0 N–H and O–H groups in total. The van der Waals surface area contributed by atoms with Crippen LogP contribution < -0.4 is 0 Å². The molecule has 0 aliphatic carbocycles. The minimum atomic E-state index is 0.603. The van der Waals surface area contributed by atoms with Gasteiger partial charge in [-0.25, -0.2) is 15.0 Å². The van der Waals surface area contributed by atoms with Crippen LogP contribution in [0.1, 0.15) is 5.56 Å². The molecule has 0 unspecified atom stereocenters. The highest BCUT2D eigenvalue weighted by atomic mass is 15.1. The second kappa shape index (κ2) is 14.9. The third-order valence-corrected chi connectivity index (χ3v) is 12.3. The summed E-state index contributed by atoms with van der Waals surface area (Å²) in [6.45, 7) is 2.22. The van der Waals surface area contributed by atoms with Crippen molar-refractivity contribution in [1.29, 1.82) is 0 Å². The van der Waals surface area contributed by atoms with Crippen molar-refractivity contribution in [2.75, 3.05) is 0 Å². The van der Waals surface area contributed by atoms with Gasteiger partial charge in [0.2, 0.25) is 0 Å². The summed E-state index contributed by atoms with van der Waals surface area (Å²) >= 11 is 0. The third kappa shape index (κ3) is 6.13. The normalized spacial score (nSPS) is 11.6. The fraction of sp³-hybridized carbons (Fsp3) is 0.0172. The number of rotatable bonds is 7. The fourth-order valence-corrected chi connectivity index (χ4v) is 9.38. The molecule has 5 heteroatoms. The van der Waals surface area contributed by atoms with Gasteiger partial charge in [0.05, 0.1) is 33.4 Å². The molecule has 5 nitrogen and oxygen atoms in total. The lowest BCUT2D eigenvalue weighted by Crippen LogP contribution is -2.04. The summed E-state index contributed by atoms with van der Waals surface area (Å²) in [5.74, 6) is 1.84. The number of hydrogen-bond acceptors (Lipinski definition) is 3. The van der Waals surface area contributed by atoms with E-state index in [1.165, 1.54) is 38.1 Å². The molecule has 296 valence electrons. The van der Waals surface area contributed by atoms with E-state index in [-0.39, 0.29) is 0 Å². The molecule has 0 atom stereocenters. The molecule has 3 heterocycles. The highest BCUT2D eigenvalue weighted by Crippen LogP contribution is 2.43. The Bertz CT molecular complexity index is 3660. The monoisotopic (exact) mass is 805 g/mol. The summed E-state index contributed by atoms with van der Waals surface area (Å²) < 4.78 is 4.93. The van der Waals surface area contributed by atoms with Crippen LogP contribution in [-0.2, 0) is 0 Å². The molecule has 12 aromatic rings. The lowest BCUT2D eigenvalue weighted by atomic mass is 10.0. The second-order valence-electron chi connectivity index (χ2n) is 16.1. The van der Waals surface area contributed by atoms with Gasteiger partial charge in [-0.15, -0.1) is 0 Å². The van der Waals surface area contributed by atoms with E-state index in [9.17, 15) is 0 Å². The highest BCUT2D eigenvalue weighted by Gasteiger charge is 2.23. The molecule has 0 spiro atoms. The largest absolute Gasteiger partial charge is 0.307 e. The molecule has 0 aliphatic rings. The molecule has 12 rings (SSSR count). The Hall–Kier alpha value is -8.41. The summed E-state index contributed by atoms with van der Waals surface area (Å²) in [4.78, 5) is 15.6. The zero-order chi connectivity index (χ0) is 41.9. The number of nitrogens with zero attached hydrogens (tertiary/aromatic N) is 5. The fourth-order valence-electron chi connectivity index (χ4n) is 9.38. The van der Waals surface area contributed by atoms with E-state index < -0.39 is 0 Å². The van der Waals surface area contributed by atoms with Gasteiger partial charge in [0.25, 0.3) is 0 Å². The standard InChI is InChI=1S/C58H39N5/c1-38-17-15-26-48-46-24-11-13-28-50(46)62(54(38)48)52-30-16-27-49-47-25-12-14-29-51(47)63(55(49)52)53-37-44(35-36-45(53)41-20-7-3-8-21-41)58-60-56(42-22-9-4-10-23-42)59-57(61-58)43-33-31-40(32-34-43)39-18-5-2-6-19-39/h2-37H,1H3. The van der Waals surface area contributed by atoms with E-state index in [2.05, 4.69) is 210 Å². The van der Waals surface area contributed by atoms with Crippen LogP contribution in [0.5, 0.6) is 0 Å². The van der Waals surface area contributed by atoms with Crippen LogP contribution in [0.15, 0.2) is 218 Å². The predicted octanol–water partition coefficient (Wildman–Crippen LogP) is 14.7. The number of benzene rings is 9. The number of fused-ring (bicyclic) bond motifs is 6. The van der Waals surface area contributed by atoms with E-state index >= 15 is 0 Å². The Labute approximate surface area is 364 Å². The quantitative estimate of drug-likeness (QED) is 0.161. The molecule has 0 radical (unpaired) electrons. The van der Waals surface area contributed by atoms with Crippen LogP contribution >= 0.6 is 0 Å². The average Bonchev–Trinajstić information content (AvgIpc) is 3.88. The van der Waals surface area contributed by atoms with Crippen molar-refractivity contribution >= 4 is 43.6 Å². The minimum absolute atomic E-state index is 0.603. The zero-order valence-corrected chi connectivity index (χ0v) is 34.5. The van der Waals surface area contributed by atoms with Crippen molar-refractivity contribution in [2.45, 2.75) is 6.92 Å². The van der Waals surface area contributed by atoms with E-state index in [1.54, 1.807) is 0 Å². The SMILES string of the molecule is Cc1cccc2c3ccccc3n(-c3cccc4c5ccccc5n(-c5cc(-c6nc(-c7ccccc7)nc(-c7ccc(-c8ccccc8)cc7)n6)ccc5-c5ccccc5)c34)c12. The first kappa shape index (κ1) is 36.4. The van der Waals surface area contributed by atoms with E-state index in [4.69, 9.17) is 15.0 Å². The highest BCUT2D eigenvalue weighted by molar-refractivity contribution is 6.15. The molecule has 0 saturated carbocycles. The van der Waals surface area contributed by atoms with Crippen LogP contribution in [0, 0.1) is 6.92 Å². The Morgan fingerprint density at radius 3 is 1.37 bits per heavy atom. The maximum atomic E-state index is 5.25. The van der Waals surface area contributed by atoms with Gasteiger partial charge in [-0.3, -0.25) is 0 Å². The molecule has 0 saturated heterocycles. The van der Waals surface area contributed by atoms with Crippen molar-refractivity contribution in [2.24, 2.45) is 0 Å². The van der Waals surface area contributed by atoms with Crippen molar-refractivity contribution in [3.05, 3.63) is 224 Å². The molecule has 0 amide bonds. The van der Waals surface area contributed by atoms with Crippen LogP contribution in [0.25, 0.3) is 111 Å². The van der Waals surface area contributed by atoms with Gasteiger partial charge in [-0.05, 0) is 53.4 Å². The number of aryl methyl sites for hydroxylation is 1. The van der Waals surface area contributed by atoms with Crippen LogP contribution in [0.3, 0.4) is 0 Å². The van der Waals surface area contributed by atoms with Gasteiger partial charge in [0, 0.05) is 43.8 Å². The molecule has 0 bridgehead atoms. The van der Waals surface area contributed by atoms with Gasteiger partial charge < -0.3 is 9.13 Å². The van der Waals surface area contributed by atoms with E-state index in [1.807, 2.05) is 24.3 Å². The Morgan fingerprint density at radius 1 is 0.302 bits per heavy atom. The Kier molecular flexibility index (Phi) is 8.64. The lowest BCUT2D eigenvalue weighted by molar-refractivity contribution is 1.07. The number of aromatic nitrogens is 5. The third-order valence-electron chi connectivity index (χ3n) is 12.3. The summed E-state index contributed by atoms with van der Waals surface area (Å²) in [5, 5.41) is 4.84. The second-order valence-corrected chi connectivity index (χ2v) is 16.1. The predicted molar refractivity (Wildman–Crippen MR) is 260 cm³/mol. The topological polar surface area (TPSA) is 48.5 Å². The lowest BCUT2D eigenvalue weighted by Gasteiger charge is -2.19. The first-order valence-electron chi connectivity index (χ1n) is 21.4. The first-order chi connectivity index (χ1) is 31.2. The maximum Gasteiger partial charge on any atom is 0.164 e. The molecule has 9 aromatic carbocycles. The van der Waals surface area contributed by atoms with Crippen LogP contribution in [0.4, 0.5) is 0 Å². The summed E-state index contributed by atoms with van der Waals surface area (Å²) in [5.41, 5.74) is 15.3. The molecule has 3 aromatic heterocycles. The molecular weight excluding hydrogens is 767 g/mol. The summed E-state index contributed by atoms with van der Waals surface area (Å²) in [6.07, 6.45) is 0. The minimum Gasteiger partial charge on any atom is -0.307 e. The van der Waals surface area contributed by atoms with Crippen LogP contribution in [-0.4, -0.2) is 24.1 Å². The zero-order valence-electron chi connectivity index (χ0n) is 34.5. The summed E-state index contributed by atoms with van der Waals surface area (Å²) in [7, 11) is 0.